The number of hydrogen-bond acceptors (Lipinski definition) is 5. The zero-order chi connectivity index (χ0) is 10.3. The lowest BCUT2D eigenvalue weighted by Crippen LogP contribution is -2.40. The van der Waals surface area contributed by atoms with E-state index in [4.69, 9.17) is 14.8 Å². The Labute approximate surface area is 93.7 Å². The highest BCUT2D eigenvalue weighted by Gasteiger charge is 2.39. The molecular weight excluding hydrogens is 212 g/mol. The third-order valence-electron chi connectivity index (χ3n) is 3.25. The average molecular weight is 228 g/mol. The van der Waals surface area contributed by atoms with Gasteiger partial charge in [0.1, 0.15) is 5.44 Å². The van der Waals surface area contributed by atoms with Crippen LogP contribution in [0.5, 0.6) is 0 Å². The van der Waals surface area contributed by atoms with Gasteiger partial charge in [-0.2, -0.15) is 0 Å². The predicted molar refractivity (Wildman–Crippen MR) is 60.0 cm³/mol. The van der Waals surface area contributed by atoms with Crippen molar-refractivity contribution >= 4 is 16.9 Å². The maximum atomic E-state index is 9.06. The van der Waals surface area contributed by atoms with E-state index in [0.29, 0.717) is 6.04 Å². The number of aliphatic hydroxyl groups excluding tert-OH is 1. The molecule has 0 aromatic carbocycles. The molecule has 84 valence electrons. The van der Waals surface area contributed by atoms with Gasteiger partial charge in [-0.05, 0) is 19.3 Å². The highest BCUT2D eigenvalue weighted by atomic mass is 32.2. The lowest BCUT2D eigenvalue weighted by atomic mass is 10.1. The molecule has 2 fully saturated rings. The summed E-state index contributed by atoms with van der Waals surface area (Å²) in [5.74, 6) is 0. The normalized spacial score (nSPS) is 39.7. The fraction of sp³-hybridized carbons (Fsp3) is 0.900. The quantitative estimate of drug-likeness (QED) is 0.716. The number of nitrogens with zero attached hydrogens (tertiary/aromatic N) is 2. The molecule has 3 heterocycles. The second-order valence-corrected chi connectivity index (χ2v) is 5.39. The summed E-state index contributed by atoms with van der Waals surface area (Å²) in [6.45, 7) is 2.44. The molecule has 4 nitrogen and oxygen atoms in total. The molecule has 5 heteroatoms. The van der Waals surface area contributed by atoms with Crippen LogP contribution in [0.15, 0.2) is 4.99 Å². The van der Waals surface area contributed by atoms with E-state index in [1.54, 1.807) is 11.8 Å². The molecule has 1 N–H and O–H groups in total. The van der Waals surface area contributed by atoms with Gasteiger partial charge >= 0.3 is 0 Å². The Morgan fingerprint density at radius 3 is 3.00 bits per heavy atom. The minimum Gasteiger partial charge on any atom is -0.394 e. The monoisotopic (exact) mass is 228 g/mol. The van der Waals surface area contributed by atoms with Crippen molar-refractivity contribution in [1.82, 2.24) is 4.90 Å². The Morgan fingerprint density at radius 1 is 1.47 bits per heavy atom. The van der Waals surface area contributed by atoms with Gasteiger partial charge in [-0.25, -0.2) is 0 Å². The van der Waals surface area contributed by atoms with E-state index in [9.17, 15) is 0 Å². The van der Waals surface area contributed by atoms with Crippen molar-refractivity contribution in [2.75, 3.05) is 19.7 Å². The van der Waals surface area contributed by atoms with Crippen molar-refractivity contribution < 1.29 is 9.84 Å². The Hall–Kier alpha value is -0.260. The fourth-order valence-corrected chi connectivity index (χ4v) is 3.45. The first-order valence-electron chi connectivity index (χ1n) is 5.62. The molecule has 0 aliphatic carbocycles. The van der Waals surface area contributed by atoms with Crippen LogP contribution in [-0.2, 0) is 4.74 Å². The first kappa shape index (κ1) is 9.93. The lowest BCUT2D eigenvalue weighted by molar-refractivity contribution is -0.0399. The van der Waals surface area contributed by atoms with E-state index >= 15 is 0 Å². The molecule has 2 saturated heterocycles. The fourth-order valence-electron chi connectivity index (χ4n) is 2.15. The van der Waals surface area contributed by atoms with Crippen LogP contribution in [0.2, 0.25) is 0 Å². The molecule has 0 radical (unpaired) electrons. The van der Waals surface area contributed by atoms with Crippen molar-refractivity contribution in [3.05, 3.63) is 0 Å². The smallest absolute Gasteiger partial charge is 0.162 e. The SMILES string of the molecule is OC[C@H]1CC[C@H]2N=C(N3CCC3)S[C@H]2O1. The second kappa shape index (κ2) is 3.96. The van der Waals surface area contributed by atoms with Crippen LogP contribution in [0.3, 0.4) is 0 Å². The maximum Gasteiger partial charge on any atom is 0.162 e. The average Bonchev–Trinajstić information content (AvgIpc) is 2.56. The van der Waals surface area contributed by atoms with Crippen LogP contribution in [0.1, 0.15) is 19.3 Å². The Bertz CT molecular complexity index is 281. The van der Waals surface area contributed by atoms with Gasteiger partial charge in [0.15, 0.2) is 5.17 Å². The molecule has 0 bridgehead atoms. The number of rotatable bonds is 1. The van der Waals surface area contributed by atoms with Gasteiger partial charge in [0, 0.05) is 13.1 Å². The van der Waals surface area contributed by atoms with Crippen molar-refractivity contribution in [3.8, 4) is 0 Å². The summed E-state index contributed by atoms with van der Waals surface area (Å²) in [6, 6.07) is 0.327. The zero-order valence-electron chi connectivity index (χ0n) is 8.63. The highest BCUT2D eigenvalue weighted by molar-refractivity contribution is 8.14. The van der Waals surface area contributed by atoms with Crippen molar-refractivity contribution in [2.24, 2.45) is 4.99 Å². The topological polar surface area (TPSA) is 45.1 Å². The molecule has 0 saturated carbocycles. The predicted octanol–water partition coefficient (Wildman–Crippen LogP) is 0.661. The number of amidine groups is 1. The van der Waals surface area contributed by atoms with E-state index in [1.807, 2.05) is 0 Å². The minimum absolute atomic E-state index is 0.0321. The van der Waals surface area contributed by atoms with Crippen LogP contribution in [0, 0.1) is 0 Å². The summed E-state index contributed by atoms with van der Waals surface area (Å²) in [4.78, 5) is 7.02. The van der Waals surface area contributed by atoms with Gasteiger partial charge in [0.05, 0.1) is 18.8 Å². The minimum atomic E-state index is 0.0321. The molecule has 0 aromatic rings. The van der Waals surface area contributed by atoms with E-state index in [-0.39, 0.29) is 18.1 Å². The number of likely N-dealkylation sites (tertiary alicyclic amines) is 1. The molecule has 3 atom stereocenters. The first-order chi connectivity index (χ1) is 7.36. The van der Waals surface area contributed by atoms with Crippen molar-refractivity contribution in [2.45, 2.75) is 36.8 Å². The maximum absolute atomic E-state index is 9.06. The van der Waals surface area contributed by atoms with Gasteiger partial charge in [0.25, 0.3) is 0 Å². The van der Waals surface area contributed by atoms with Crippen molar-refractivity contribution in [1.29, 1.82) is 0 Å². The number of hydrogen-bond donors (Lipinski definition) is 1. The van der Waals surface area contributed by atoms with E-state index < -0.39 is 0 Å². The number of aliphatic hydroxyl groups is 1. The van der Waals surface area contributed by atoms with Crippen LogP contribution >= 0.6 is 11.8 Å². The number of thioether (sulfide) groups is 1. The standard InChI is InChI=1S/C10H16N2O2S/c13-6-7-2-3-8-9(14-7)15-10(11-8)12-4-1-5-12/h7-9,13H,1-6H2/t7-,8-,9-/m1/s1. The summed E-state index contributed by atoms with van der Waals surface area (Å²) in [7, 11) is 0. The molecular formula is C10H16N2O2S. The van der Waals surface area contributed by atoms with Crippen LogP contribution in [0.25, 0.3) is 0 Å². The third kappa shape index (κ3) is 1.77. The van der Waals surface area contributed by atoms with Crippen molar-refractivity contribution in [3.63, 3.8) is 0 Å². The van der Waals surface area contributed by atoms with Crippen LogP contribution < -0.4 is 0 Å². The molecule has 3 rings (SSSR count). The Morgan fingerprint density at radius 2 is 2.33 bits per heavy atom. The number of ether oxygens (including phenoxy) is 1. The summed E-state index contributed by atoms with van der Waals surface area (Å²) < 4.78 is 5.78. The summed E-state index contributed by atoms with van der Waals surface area (Å²) in [6.07, 6.45) is 3.31. The Kier molecular flexibility index (Phi) is 2.62. The van der Waals surface area contributed by atoms with Gasteiger partial charge in [0.2, 0.25) is 0 Å². The molecule has 0 aromatic heterocycles. The third-order valence-corrected chi connectivity index (χ3v) is 4.49. The number of aliphatic imine (C=N–C) groups is 1. The van der Waals surface area contributed by atoms with Crippen LogP contribution in [0.4, 0.5) is 0 Å². The zero-order valence-corrected chi connectivity index (χ0v) is 9.45. The molecule has 3 aliphatic heterocycles. The second-order valence-electron chi connectivity index (χ2n) is 4.32. The number of fused-ring (bicyclic) bond motifs is 1. The molecule has 0 unspecified atom stereocenters. The largest absolute Gasteiger partial charge is 0.394 e. The van der Waals surface area contributed by atoms with Gasteiger partial charge in [-0.1, -0.05) is 11.8 Å². The Balaban J connectivity index is 1.64. The summed E-state index contributed by atoms with van der Waals surface area (Å²) in [5.41, 5.74) is 0.159. The summed E-state index contributed by atoms with van der Waals surface area (Å²) >= 11 is 1.74. The molecule has 0 amide bonds. The molecule has 0 spiro atoms. The van der Waals surface area contributed by atoms with E-state index in [1.165, 1.54) is 6.42 Å². The first-order valence-corrected chi connectivity index (χ1v) is 6.50. The van der Waals surface area contributed by atoms with Gasteiger partial charge < -0.3 is 14.7 Å². The lowest BCUT2D eigenvalue weighted by Gasteiger charge is -2.32. The van der Waals surface area contributed by atoms with E-state index in [2.05, 4.69) is 4.90 Å². The van der Waals surface area contributed by atoms with Crippen LogP contribution in [-0.4, -0.2) is 52.5 Å². The molecule has 15 heavy (non-hydrogen) atoms. The molecule has 3 aliphatic rings. The van der Waals surface area contributed by atoms with E-state index in [0.717, 1.165) is 31.1 Å². The highest BCUT2D eigenvalue weighted by Crippen LogP contribution is 2.37. The summed E-state index contributed by atoms with van der Waals surface area (Å²) in [5, 5.41) is 10.2. The van der Waals surface area contributed by atoms with Gasteiger partial charge in [-0.3, -0.25) is 4.99 Å². The van der Waals surface area contributed by atoms with Gasteiger partial charge in [-0.15, -0.1) is 0 Å².